The lowest BCUT2D eigenvalue weighted by Crippen LogP contribution is -2.56. The van der Waals surface area contributed by atoms with Gasteiger partial charge in [0.25, 0.3) is 0 Å². The molecule has 3 amide bonds. The largest absolute Gasteiger partial charge is 0.445 e. The molecule has 0 aliphatic carbocycles. The molecule has 3 N–H and O–H groups in total. The average Bonchev–Trinajstić information content (AvgIpc) is 2.91. The van der Waals surface area contributed by atoms with E-state index in [1.54, 1.807) is 19.1 Å². The van der Waals surface area contributed by atoms with Gasteiger partial charge in [0.15, 0.2) is 0 Å². The summed E-state index contributed by atoms with van der Waals surface area (Å²) in [6.07, 6.45) is -0.116. The van der Waals surface area contributed by atoms with Gasteiger partial charge in [-0.05, 0) is 66.5 Å². The first-order valence-corrected chi connectivity index (χ1v) is 14.4. The second-order valence-electron chi connectivity index (χ2n) is 12.3. The van der Waals surface area contributed by atoms with Gasteiger partial charge < -0.3 is 44.5 Å². The normalized spacial score (nSPS) is 22.6. The standard InChI is InChI=1S/C19H28N2O5.C11H22N2O3/c1-19(2,3)26-17(22)20-15-10-11-21(12-16(15)24-4)18(23)25-13-14-8-6-5-7-9-14;1-11(2,3)16-10(14)13-8-5-6-12-7-9(8)15-4/h5-9,15-16H,10-13H2,1-4H3,(H,20,22);8-9,12H,5-7H2,1-4H3,(H,13,14)/t15-,16-;8-,9-/m11/s1. The van der Waals surface area contributed by atoms with Gasteiger partial charge >= 0.3 is 18.3 Å². The van der Waals surface area contributed by atoms with E-state index in [4.69, 9.17) is 23.7 Å². The summed E-state index contributed by atoms with van der Waals surface area (Å²) in [6.45, 7) is 13.7. The first-order chi connectivity index (χ1) is 19.7. The lowest BCUT2D eigenvalue weighted by atomic mass is 10.0. The Kier molecular flexibility index (Phi) is 13.8. The summed E-state index contributed by atoms with van der Waals surface area (Å²) in [5.41, 5.74) is -0.0839. The Morgan fingerprint density at radius 3 is 1.93 bits per heavy atom. The summed E-state index contributed by atoms with van der Waals surface area (Å²) in [7, 11) is 3.22. The highest BCUT2D eigenvalue weighted by molar-refractivity contribution is 5.69. The van der Waals surface area contributed by atoms with Crippen LogP contribution in [0.5, 0.6) is 0 Å². The number of carbonyl (C=O) groups excluding carboxylic acids is 3. The number of amides is 3. The van der Waals surface area contributed by atoms with Crippen LogP contribution in [-0.2, 0) is 30.3 Å². The number of benzene rings is 1. The van der Waals surface area contributed by atoms with Crippen molar-refractivity contribution in [2.24, 2.45) is 0 Å². The van der Waals surface area contributed by atoms with Crippen molar-refractivity contribution in [3.63, 3.8) is 0 Å². The third-order valence-corrected chi connectivity index (χ3v) is 6.46. The van der Waals surface area contributed by atoms with Gasteiger partial charge in [-0.1, -0.05) is 30.3 Å². The minimum Gasteiger partial charge on any atom is -0.445 e. The number of alkyl carbamates (subject to hydrolysis) is 2. The van der Waals surface area contributed by atoms with Crippen LogP contribution >= 0.6 is 0 Å². The minimum atomic E-state index is -0.561. The van der Waals surface area contributed by atoms with E-state index in [0.717, 1.165) is 25.1 Å². The highest BCUT2D eigenvalue weighted by Crippen LogP contribution is 2.17. The molecule has 1 aromatic rings. The molecule has 2 saturated heterocycles. The van der Waals surface area contributed by atoms with Gasteiger partial charge in [-0.2, -0.15) is 0 Å². The van der Waals surface area contributed by atoms with Crippen molar-refractivity contribution < 1.29 is 38.1 Å². The van der Waals surface area contributed by atoms with Crippen LogP contribution in [0, 0.1) is 0 Å². The number of piperidine rings is 2. The third kappa shape index (κ3) is 13.3. The summed E-state index contributed by atoms with van der Waals surface area (Å²) in [4.78, 5) is 37.4. The molecule has 12 nitrogen and oxygen atoms in total. The van der Waals surface area contributed by atoms with Crippen molar-refractivity contribution in [2.45, 2.75) is 96.5 Å². The van der Waals surface area contributed by atoms with Crippen LogP contribution in [-0.4, -0.2) is 99.1 Å². The zero-order chi connectivity index (χ0) is 31.3. The average molecular weight is 595 g/mol. The lowest BCUT2D eigenvalue weighted by Gasteiger charge is -2.37. The molecule has 0 bridgehead atoms. The first kappa shape index (κ1) is 35.1. The second-order valence-corrected chi connectivity index (χ2v) is 12.3. The van der Waals surface area contributed by atoms with Crippen LogP contribution in [0.15, 0.2) is 30.3 Å². The number of hydrogen-bond acceptors (Lipinski definition) is 9. The maximum atomic E-state index is 12.3. The molecule has 3 rings (SSSR count). The molecule has 2 fully saturated rings. The van der Waals surface area contributed by atoms with Crippen molar-refractivity contribution >= 4 is 18.3 Å². The molecular weight excluding hydrogens is 544 g/mol. The van der Waals surface area contributed by atoms with Crippen LogP contribution in [0.3, 0.4) is 0 Å². The summed E-state index contributed by atoms with van der Waals surface area (Å²) in [5.74, 6) is 0. The number of nitrogens with zero attached hydrogens (tertiary/aromatic N) is 1. The maximum absolute atomic E-state index is 12.3. The predicted molar refractivity (Wildman–Crippen MR) is 158 cm³/mol. The van der Waals surface area contributed by atoms with Gasteiger partial charge in [-0.15, -0.1) is 0 Å². The molecule has 2 aliphatic rings. The molecule has 1 aromatic carbocycles. The van der Waals surface area contributed by atoms with E-state index in [2.05, 4.69) is 16.0 Å². The van der Waals surface area contributed by atoms with E-state index >= 15 is 0 Å². The van der Waals surface area contributed by atoms with E-state index in [1.807, 2.05) is 71.9 Å². The van der Waals surface area contributed by atoms with Gasteiger partial charge in [-0.3, -0.25) is 0 Å². The lowest BCUT2D eigenvalue weighted by molar-refractivity contribution is -0.00446. The van der Waals surface area contributed by atoms with Crippen LogP contribution in [0.1, 0.15) is 59.9 Å². The van der Waals surface area contributed by atoms with Crippen molar-refractivity contribution in [2.75, 3.05) is 40.4 Å². The van der Waals surface area contributed by atoms with Gasteiger partial charge in [0.2, 0.25) is 0 Å². The Morgan fingerprint density at radius 2 is 1.40 bits per heavy atom. The Labute approximate surface area is 250 Å². The van der Waals surface area contributed by atoms with E-state index < -0.39 is 17.3 Å². The zero-order valence-electron chi connectivity index (χ0n) is 26.4. The number of ether oxygens (including phenoxy) is 5. The Balaban J connectivity index is 0.000000330. The Morgan fingerprint density at radius 1 is 0.857 bits per heavy atom. The highest BCUT2D eigenvalue weighted by atomic mass is 16.6. The molecular formula is C30H50N4O8. The fourth-order valence-electron chi connectivity index (χ4n) is 4.46. The van der Waals surface area contributed by atoms with E-state index in [1.165, 1.54) is 0 Å². The fraction of sp³-hybridized carbons (Fsp3) is 0.700. The molecule has 0 radical (unpaired) electrons. The minimum absolute atomic E-state index is 0.0151. The van der Waals surface area contributed by atoms with E-state index in [-0.39, 0.29) is 43.1 Å². The topological polar surface area (TPSA) is 137 Å². The molecule has 42 heavy (non-hydrogen) atoms. The van der Waals surface area contributed by atoms with Crippen molar-refractivity contribution in [3.05, 3.63) is 35.9 Å². The van der Waals surface area contributed by atoms with E-state index in [9.17, 15) is 14.4 Å². The predicted octanol–water partition coefficient (Wildman–Crippen LogP) is 3.83. The quantitative estimate of drug-likeness (QED) is 0.420. The summed E-state index contributed by atoms with van der Waals surface area (Å²) in [5, 5.41) is 8.90. The van der Waals surface area contributed by atoms with E-state index in [0.29, 0.717) is 19.5 Å². The summed E-state index contributed by atoms with van der Waals surface area (Å²) < 4.78 is 26.6. The monoisotopic (exact) mass is 594 g/mol. The third-order valence-electron chi connectivity index (χ3n) is 6.46. The number of hydrogen-bond donors (Lipinski definition) is 3. The number of nitrogens with one attached hydrogen (secondary N) is 3. The van der Waals surface area contributed by atoms with Crippen LogP contribution in [0.2, 0.25) is 0 Å². The molecule has 4 atom stereocenters. The molecule has 0 spiro atoms. The van der Waals surface area contributed by atoms with Gasteiger partial charge in [-0.25, -0.2) is 14.4 Å². The van der Waals surface area contributed by atoms with Crippen LogP contribution < -0.4 is 16.0 Å². The fourth-order valence-corrected chi connectivity index (χ4v) is 4.46. The van der Waals surface area contributed by atoms with Gasteiger partial charge in [0.05, 0.1) is 30.8 Å². The van der Waals surface area contributed by atoms with Gasteiger partial charge in [0.1, 0.15) is 17.8 Å². The highest BCUT2D eigenvalue weighted by Gasteiger charge is 2.34. The maximum Gasteiger partial charge on any atom is 0.410 e. The number of methoxy groups -OCH3 is 2. The summed E-state index contributed by atoms with van der Waals surface area (Å²) in [6, 6.07) is 9.34. The Bertz CT molecular complexity index is 980. The van der Waals surface area contributed by atoms with Crippen molar-refractivity contribution in [1.82, 2.24) is 20.9 Å². The van der Waals surface area contributed by atoms with Crippen molar-refractivity contribution in [3.8, 4) is 0 Å². The molecule has 0 aromatic heterocycles. The molecule has 0 unspecified atom stereocenters. The molecule has 2 aliphatic heterocycles. The summed E-state index contributed by atoms with van der Waals surface area (Å²) >= 11 is 0. The number of carbonyl (C=O) groups is 3. The SMILES string of the molecule is CO[C@@H]1CN(C(=O)OCc2ccccc2)CC[C@H]1NC(=O)OC(C)(C)C.CO[C@@H]1CNCC[C@H]1NC(=O)OC(C)(C)C. The smallest absolute Gasteiger partial charge is 0.410 e. The number of rotatable bonds is 6. The molecule has 0 saturated carbocycles. The second kappa shape index (κ2) is 16.5. The van der Waals surface area contributed by atoms with Crippen molar-refractivity contribution in [1.29, 1.82) is 0 Å². The van der Waals surface area contributed by atoms with Gasteiger partial charge in [0, 0.05) is 27.3 Å². The molecule has 12 heteroatoms. The Hall–Kier alpha value is -3.09. The van der Waals surface area contributed by atoms with Crippen LogP contribution in [0.4, 0.5) is 14.4 Å². The number of likely N-dealkylation sites (tertiary alicyclic amines) is 1. The van der Waals surface area contributed by atoms with Crippen LogP contribution in [0.25, 0.3) is 0 Å². The first-order valence-electron chi connectivity index (χ1n) is 14.4. The molecule has 238 valence electrons. The zero-order valence-corrected chi connectivity index (χ0v) is 26.4. The molecule has 2 heterocycles.